The third-order valence-corrected chi connectivity index (χ3v) is 11.7. The van der Waals surface area contributed by atoms with E-state index >= 15 is 0 Å². The van der Waals surface area contributed by atoms with E-state index < -0.39 is 34.7 Å². The molecule has 4 aliphatic carbocycles. The SMILES string of the molecule is CC1=C(C)C(=O)OC([C@@H](C)[C@H]2C[C@@H](O)[C@H]3[C@@H]4[C@@H]5O[C@@H]5[C@@]5(O)CC=CC(=O)[C@]5(C)[C@H]4C[C@H](O)[C@@]32C)C1. The van der Waals surface area contributed by atoms with E-state index in [0.29, 0.717) is 31.3 Å². The highest BCUT2D eigenvalue weighted by Gasteiger charge is 2.79. The molecule has 0 bridgehead atoms. The molecular formula is C28H38O7. The third-order valence-electron chi connectivity index (χ3n) is 11.7. The molecule has 7 nitrogen and oxygen atoms in total. The van der Waals surface area contributed by atoms with Crippen LogP contribution in [-0.2, 0) is 19.1 Å². The number of aliphatic hydroxyl groups excluding tert-OH is 2. The molecule has 13 atom stereocenters. The van der Waals surface area contributed by atoms with Crippen LogP contribution in [-0.4, -0.2) is 63.2 Å². The number of epoxide rings is 1. The molecule has 4 fully saturated rings. The van der Waals surface area contributed by atoms with Gasteiger partial charge in [0.15, 0.2) is 5.78 Å². The molecule has 0 spiro atoms. The second kappa shape index (κ2) is 7.27. The summed E-state index contributed by atoms with van der Waals surface area (Å²) in [5.41, 5.74) is -1.27. The minimum absolute atomic E-state index is 0.0517. The normalized spacial score (nSPS) is 55.5. The maximum atomic E-state index is 13.3. The molecule has 0 aromatic carbocycles. The summed E-state index contributed by atoms with van der Waals surface area (Å²) in [6, 6.07) is 0. The summed E-state index contributed by atoms with van der Waals surface area (Å²) in [7, 11) is 0. The van der Waals surface area contributed by atoms with Gasteiger partial charge in [-0.3, -0.25) is 4.79 Å². The monoisotopic (exact) mass is 486 g/mol. The fourth-order valence-electron chi connectivity index (χ4n) is 9.31. The minimum Gasteiger partial charge on any atom is -0.458 e. The second-order valence-corrected chi connectivity index (χ2v) is 12.8. The van der Waals surface area contributed by atoms with E-state index in [-0.39, 0.29) is 53.6 Å². The van der Waals surface area contributed by atoms with Crippen LogP contribution in [0, 0.1) is 40.4 Å². The topological polar surface area (TPSA) is 117 Å². The molecule has 1 unspecified atom stereocenters. The van der Waals surface area contributed by atoms with Crippen molar-refractivity contribution in [3.05, 3.63) is 23.3 Å². The lowest BCUT2D eigenvalue weighted by molar-refractivity contribution is -0.207. The zero-order valence-corrected chi connectivity index (χ0v) is 21.2. The van der Waals surface area contributed by atoms with Crippen molar-refractivity contribution in [3.63, 3.8) is 0 Å². The number of hydrogen-bond acceptors (Lipinski definition) is 7. The number of carbonyl (C=O) groups is 2. The fourth-order valence-corrected chi connectivity index (χ4v) is 9.31. The molecule has 192 valence electrons. The van der Waals surface area contributed by atoms with E-state index in [2.05, 4.69) is 13.8 Å². The fraction of sp³-hybridized carbons (Fsp3) is 0.786. The van der Waals surface area contributed by atoms with Crippen molar-refractivity contribution in [2.45, 2.75) is 96.4 Å². The maximum absolute atomic E-state index is 13.3. The highest BCUT2D eigenvalue weighted by Crippen LogP contribution is 2.71. The second-order valence-electron chi connectivity index (χ2n) is 12.8. The van der Waals surface area contributed by atoms with Crippen molar-refractivity contribution in [1.82, 2.24) is 0 Å². The molecule has 1 saturated heterocycles. The van der Waals surface area contributed by atoms with Crippen LogP contribution in [0.1, 0.15) is 60.3 Å². The van der Waals surface area contributed by atoms with Gasteiger partial charge in [-0.2, -0.15) is 0 Å². The zero-order valence-electron chi connectivity index (χ0n) is 21.2. The predicted octanol–water partition coefficient (Wildman–Crippen LogP) is 2.32. The number of ether oxygens (including phenoxy) is 2. The maximum Gasteiger partial charge on any atom is 0.333 e. The van der Waals surface area contributed by atoms with Gasteiger partial charge in [-0.15, -0.1) is 0 Å². The van der Waals surface area contributed by atoms with Crippen LogP contribution in [0.2, 0.25) is 0 Å². The summed E-state index contributed by atoms with van der Waals surface area (Å²) in [4.78, 5) is 25.7. The molecule has 0 radical (unpaired) electrons. The van der Waals surface area contributed by atoms with Crippen LogP contribution in [0.15, 0.2) is 23.3 Å². The van der Waals surface area contributed by atoms with Crippen molar-refractivity contribution >= 4 is 11.8 Å². The smallest absolute Gasteiger partial charge is 0.333 e. The molecule has 0 aromatic rings. The lowest BCUT2D eigenvalue weighted by Crippen LogP contribution is -2.69. The van der Waals surface area contributed by atoms with Gasteiger partial charge in [0, 0.05) is 17.4 Å². The summed E-state index contributed by atoms with van der Waals surface area (Å²) in [5, 5.41) is 35.0. The summed E-state index contributed by atoms with van der Waals surface area (Å²) in [6.07, 6.45) is 2.83. The summed E-state index contributed by atoms with van der Waals surface area (Å²) in [5.74, 6) is -1.19. The molecule has 2 heterocycles. The van der Waals surface area contributed by atoms with Gasteiger partial charge in [0.1, 0.15) is 17.8 Å². The largest absolute Gasteiger partial charge is 0.458 e. The van der Waals surface area contributed by atoms with E-state index in [1.165, 1.54) is 0 Å². The minimum atomic E-state index is -1.29. The van der Waals surface area contributed by atoms with Crippen molar-refractivity contribution in [2.24, 2.45) is 40.4 Å². The molecule has 3 N–H and O–H groups in total. The molecule has 35 heavy (non-hydrogen) atoms. The third kappa shape index (κ3) is 2.76. The van der Waals surface area contributed by atoms with Crippen molar-refractivity contribution in [1.29, 1.82) is 0 Å². The number of ketones is 1. The van der Waals surface area contributed by atoms with Crippen LogP contribution >= 0.6 is 0 Å². The first-order chi connectivity index (χ1) is 16.4. The molecule has 6 aliphatic rings. The van der Waals surface area contributed by atoms with Gasteiger partial charge in [-0.1, -0.05) is 25.5 Å². The summed E-state index contributed by atoms with van der Waals surface area (Å²) < 4.78 is 11.9. The Morgan fingerprint density at radius 3 is 2.54 bits per heavy atom. The lowest BCUT2D eigenvalue weighted by atomic mass is 9.42. The number of carbonyl (C=O) groups excluding carboxylic acids is 2. The molecule has 3 saturated carbocycles. The highest BCUT2D eigenvalue weighted by atomic mass is 16.6. The Balaban J connectivity index is 1.37. The number of rotatable bonds is 2. The molecular weight excluding hydrogens is 448 g/mol. The number of allylic oxidation sites excluding steroid dienone is 1. The lowest BCUT2D eigenvalue weighted by Gasteiger charge is -2.61. The van der Waals surface area contributed by atoms with Crippen LogP contribution in [0.4, 0.5) is 0 Å². The van der Waals surface area contributed by atoms with Crippen molar-refractivity contribution < 1.29 is 34.4 Å². The van der Waals surface area contributed by atoms with E-state index in [9.17, 15) is 24.9 Å². The first-order valence-electron chi connectivity index (χ1n) is 13.2. The number of cyclic esters (lactones) is 1. The number of esters is 1. The predicted molar refractivity (Wildman–Crippen MR) is 126 cm³/mol. The Bertz CT molecular complexity index is 1050. The van der Waals surface area contributed by atoms with Crippen molar-refractivity contribution in [3.8, 4) is 0 Å². The number of hydrogen-bond donors (Lipinski definition) is 3. The zero-order chi connectivity index (χ0) is 25.2. The summed E-state index contributed by atoms with van der Waals surface area (Å²) >= 11 is 0. The van der Waals surface area contributed by atoms with Gasteiger partial charge in [0.2, 0.25) is 0 Å². The van der Waals surface area contributed by atoms with E-state index in [1.54, 1.807) is 19.1 Å². The van der Waals surface area contributed by atoms with Gasteiger partial charge in [0.25, 0.3) is 0 Å². The molecule has 6 rings (SSSR count). The number of fused-ring (bicyclic) bond motifs is 8. The van der Waals surface area contributed by atoms with E-state index in [4.69, 9.17) is 9.47 Å². The van der Waals surface area contributed by atoms with E-state index in [0.717, 1.165) is 5.57 Å². The Hall–Kier alpha value is -1.54. The van der Waals surface area contributed by atoms with Crippen LogP contribution in [0.5, 0.6) is 0 Å². The van der Waals surface area contributed by atoms with Gasteiger partial charge in [-0.05, 0) is 75.7 Å². The molecule has 0 aromatic heterocycles. The van der Waals surface area contributed by atoms with Crippen LogP contribution < -0.4 is 0 Å². The van der Waals surface area contributed by atoms with Crippen LogP contribution in [0.25, 0.3) is 0 Å². The van der Waals surface area contributed by atoms with Crippen molar-refractivity contribution in [2.75, 3.05) is 0 Å². The first-order valence-corrected chi connectivity index (χ1v) is 13.2. The van der Waals surface area contributed by atoms with Gasteiger partial charge < -0.3 is 24.8 Å². The summed E-state index contributed by atoms with van der Waals surface area (Å²) in [6.45, 7) is 9.73. The Kier molecular flexibility index (Phi) is 4.95. The van der Waals surface area contributed by atoms with Gasteiger partial charge >= 0.3 is 5.97 Å². The number of aliphatic hydroxyl groups is 3. The van der Waals surface area contributed by atoms with E-state index in [1.807, 2.05) is 13.8 Å². The Labute approximate surface area is 206 Å². The van der Waals surface area contributed by atoms with Gasteiger partial charge in [-0.25, -0.2) is 4.79 Å². The molecule has 2 aliphatic heterocycles. The quantitative estimate of drug-likeness (QED) is 0.405. The Morgan fingerprint density at radius 2 is 1.86 bits per heavy atom. The standard InChI is InChI=1S/C28H38O7/c1-12-9-18(34-25(32)13(12)2)14(3)15-10-17(29)22-21-16(11-20(31)26(15,22)4)27(5)19(30)7-6-8-28(27,33)24-23(21)35-24/h6-7,14-18,20-24,29,31,33H,8-11H2,1-5H3/t14-,15+,16-,17+,18?,20-,21+,22-,23-,24-,26-,27-,28-/m0/s1. The Morgan fingerprint density at radius 1 is 1.14 bits per heavy atom. The first kappa shape index (κ1) is 23.8. The highest BCUT2D eigenvalue weighted by molar-refractivity contribution is 5.97. The average Bonchev–Trinajstić information content (AvgIpc) is 3.55. The molecule has 7 heteroatoms. The molecule has 0 amide bonds. The average molecular weight is 487 g/mol. The van der Waals surface area contributed by atoms with Gasteiger partial charge in [0.05, 0.1) is 23.7 Å². The van der Waals surface area contributed by atoms with Crippen LogP contribution in [0.3, 0.4) is 0 Å².